The number of hydrogen-bond donors (Lipinski definition) is 0. The van der Waals surface area contributed by atoms with Gasteiger partial charge in [-0.3, -0.25) is 4.79 Å². The van der Waals surface area contributed by atoms with Crippen LogP contribution in [0.4, 0.5) is 0 Å². The Morgan fingerprint density at radius 2 is 1.49 bits per heavy atom. The van der Waals surface area contributed by atoms with E-state index in [-0.39, 0.29) is 16.7 Å². The van der Waals surface area contributed by atoms with E-state index in [0.717, 1.165) is 11.1 Å². The smallest absolute Gasteiger partial charge is 0.348 e. The summed E-state index contributed by atoms with van der Waals surface area (Å²) in [7, 11) is 1.59. The molecule has 0 radical (unpaired) electrons. The van der Waals surface area contributed by atoms with Crippen LogP contribution in [0.25, 0.3) is 44.4 Å². The van der Waals surface area contributed by atoms with Gasteiger partial charge in [0.15, 0.2) is 0 Å². The van der Waals surface area contributed by atoms with E-state index in [0.29, 0.717) is 57.1 Å². The van der Waals surface area contributed by atoms with Gasteiger partial charge in [-0.25, -0.2) is 4.79 Å². The number of furan rings is 1. The maximum absolute atomic E-state index is 13.7. The number of benzene rings is 4. The maximum Gasteiger partial charge on any atom is 0.348 e. The summed E-state index contributed by atoms with van der Waals surface area (Å²) in [5.74, 6) is 1.78. The second-order valence-corrected chi connectivity index (χ2v) is 9.40. The van der Waals surface area contributed by atoms with E-state index in [1.165, 1.54) is 0 Å². The molecule has 0 amide bonds. The lowest BCUT2D eigenvalue weighted by Gasteiger charge is -2.10. The Labute approximate surface area is 235 Å². The van der Waals surface area contributed by atoms with E-state index in [9.17, 15) is 9.59 Å². The van der Waals surface area contributed by atoms with Gasteiger partial charge in [-0.15, -0.1) is 0 Å². The zero-order chi connectivity index (χ0) is 28.5. The van der Waals surface area contributed by atoms with Gasteiger partial charge in [-0.1, -0.05) is 42.5 Å². The third kappa shape index (κ3) is 4.82. The fraction of sp³-hybridized carbons (Fsp3) is 0.118. The zero-order valence-electron chi connectivity index (χ0n) is 22.7. The van der Waals surface area contributed by atoms with Gasteiger partial charge >= 0.3 is 5.97 Å². The van der Waals surface area contributed by atoms with Gasteiger partial charge in [0.1, 0.15) is 45.5 Å². The normalized spacial score (nSPS) is 11.1. The van der Waals surface area contributed by atoms with E-state index >= 15 is 0 Å². The molecule has 0 aliphatic heterocycles. The number of rotatable bonds is 7. The predicted molar refractivity (Wildman–Crippen MR) is 157 cm³/mol. The van der Waals surface area contributed by atoms with Crippen LogP contribution in [0.2, 0.25) is 0 Å². The number of aryl methyl sites for hydroxylation is 1. The highest BCUT2D eigenvalue weighted by molar-refractivity contribution is 6.10. The number of fused-ring (bicyclic) bond motifs is 2. The Kier molecular flexibility index (Phi) is 6.77. The molecule has 6 aromatic rings. The van der Waals surface area contributed by atoms with E-state index in [4.69, 9.17) is 23.0 Å². The topological polar surface area (TPSA) is 88.1 Å². The molecule has 0 fully saturated rings. The SMILES string of the molecule is CCOc1ccc2oc(-c3ccccc3)c(C(=O)Oc3ccc4c(=O)c(-c5ccc(OC)cc5)c(C)oc4c3)c2c1. The molecule has 6 rings (SSSR count). The number of hydrogen-bond acceptors (Lipinski definition) is 7. The van der Waals surface area contributed by atoms with Crippen molar-refractivity contribution in [2.45, 2.75) is 13.8 Å². The van der Waals surface area contributed by atoms with Gasteiger partial charge in [0.2, 0.25) is 5.43 Å². The number of ether oxygens (including phenoxy) is 3. The van der Waals surface area contributed by atoms with Gasteiger partial charge in [0, 0.05) is 17.0 Å². The summed E-state index contributed by atoms with van der Waals surface area (Å²) < 4.78 is 28.9. The Morgan fingerprint density at radius 1 is 0.756 bits per heavy atom. The Hall–Kier alpha value is -5.30. The summed E-state index contributed by atoms with van der Waals surface area (Å²) in [5.41, 5.74) is 2.87. The summed E-state index contributed by atoms with van der Waals surface area (Å²) in [5, 5.41) is 0.952. The molecule has 7 heteroatoms. The molecule has 0 saturated carbocycles. The summed E-state index contributed by atoms with van der Waals surface area (Å²) in [6, 6.07) is 26.7. The number of carbonyl (C=O) groups is 1. The molecule has 7 nitrogen and oxygen atoms in total. The molecule has 2 heterocycles. The summed E-state index contributed by atoms with van der Waals surface area (Å²) >= 11 is 0. The predicted octanol–water partition coefficient (Wildman–Crippen LogP) is 7.81. The van der Waals surface area contributed by atoms with Gasteiger partial charge in [0.25, 0.3) is 0 Å². The average molecular weight is 547 g/mol. The van der Waals surface area contributed by atoms with E-state index < -0.39 is 5.97 Å². The van der Waals surface area contributed by atoms with Gasteiger partial charge < -0.3 is 23.0 Å². The molecular weight excluding hydrogens is 520 g/mol. The third-order valence-electron chi connectivity index (χ3n) is 6.84. The molecule has 0 N–H and O–H groups in total. The van der Waals surface area contributed by atoms with Crippen LogP contribution >= 0.6 is 0 Å². The lowest BCUT2D eigenvalue weighted by molar-refractivity contribution is 0.0737. The zero-order valence-corrected chi connectivity index (χ0v) is 22.7. The summed E-state index contributed by atoms with van der Waals surface area (Å²) in [6.07, 6.45) is 0. The van der Waals surface area contributed by atoms with E-state index in [2.05, 4.69) is 0 Å². The van der Waals surface area contributed by atoms with Crippen LogP contribution in [0.15, 0.2) is 105 Å². The van der Waals surface area contributed by atoms with Crippen LogP contribution < -0.4 is 19.6 Å². The third-order valence-corrected chi connectivity index (χ3v) is 6.84. The molecule has 0 aliphatic carbocycles. The first-order valence-electron chi connectivity index (χ1n) is 13.2. The van der Waals surface area contributed by atoms with Crippen molar-refractivity contribution in [3.8, 4) is 39.7 Å². The first-order chi connectivity index (χ1) is 20.0. The molecule has 2 aromatic heterocycles. The van der Waals surface area contributed by atoms with Crippen molar-refractivity contribution in [3.05, 3.63) is 113 Å². The van der Waals surface area contributed by atoms with Crippen LogP contribution in [-0.2, 0) is 0 Å². The van der Waals surface area contributed by atoms with Crippen molar-refractivity contribution in [2.24, 2.45) is 0 Å². The number of esters is 1. The first-order valence-corrected chi connectivity index (χ1v) is 13.2. The quantitative estimate of drug-likeness (QED) is 0.149. The molecule has 0 unspecified atom stereocenters. The van der Waals surface area contributed by atoms with Crippen molar-refractivity contribution < 1.29 is 27.8 Å². The van der Waals surface area contributed by atoms with Crippen molar-refractivity contribution in [2.75, 3.05) is 13.7 Å². The molecule has 0 saturated heterocycles. The molecule has 41 heavy (non-hydrogen) atoms. The highest BCUT2D eigenvalue weighted by atomic mass is 16.5. The molecule has 0 bridgehead atoms. The molecule has 0 aliphatic rings. The second kappa shape index (κ2) is 10.7. The van der Waals surface area contributed by atoms with Crippen LogP contribution in [-0.4, -0.2) is 19.7 Å². The largest absolute Gasteiger partial charge is 0.497 e. The van der Waals surface area contributed by atoms with Crippen LogP contribution in [0.1, 0.15) is 23.0 Å². The van der Waals surface area contributed by atoms with Crippen LogP contribution in [0, 0.1) is 6.92 Å². The lowest BCUT2D eigenvalue weighted by Crippen LogP contribution is -2.10. The summed E-state index contributed by atoms with van der Waals surface area (Å²) in [4.78, 5) is 27.1. The monoisotopic (exact) mass is 546 g/mol. The highest BCUT2D eigenvalue weighted by Gasteiger charge is 2.25. The minimum Gasteiger partial charge on any atom is -0.497 e. The number of carbonyl (C=O) groups excluding carboxylic acids is 1. The van der Waals surface area contributed by atoms with Crippen LogP contribution in [0.5, 0.6) is 17.2 Å². The Bertz CT molecular complexity index is 1950. The Balaban J connectivity index is 1.39. The minimum absolute atomic E-state index is 0.178. The standard InChI is InChI=1S/C34H26O7/c1-4-38-24-15-17-28-27(18-24)31(33(41-28)22-8-6-5-7-9-22)34(36)40-25-14-16-26-29(19-25)39-20(2)30(32(26)35)21-10-12-23(37-3)13-11-21/h5-19H,4H2,1-3H3. The highest BCUT2D eigenvalue weighted by Crippen LogP contribution is 2.37. The van der Waals surface area contributed by atoms with Gasteiger partial charge in [0.05, 0.1) is 24.7 Å². The second-order valence-electron chi connectivity index (χ2n) is 9.40. The van der Waals surface area contributed by atoms with E-state index in [1.807, 2.05) is 49.4 Å². The Morgan fingerprint density at radius 3 is 2.22 bits per heavy atom. The molecule has 0 spiro atoms. The van der Waals surface area contributed by atoms with Crippen molar-refractivity contribution in [3.63, 3.8) is 0 Å². The van der Waals surface area contributed by atoms with Gasteiger partial charge in [-0.2, -0.15) is 0 Å². The lowest BCUT2D eigenvalue weighted by atomic mass is 10.0. The molecule has 4 aromatic carbocycles. The average Bonchev–Trinajstić information content (AvgIpc) is 3.37. The molecule has 0 atom stereocenters. The van der Waals surface area contributed by atoms with E-state index in [1.54, 1.807) is 62.6 Å². The number of methoxy groups -OCH3 is 1. The fourth-order valence-corrected chi connectivity index (χ4v) is 4.93. The van der Waals surface area contributed by atoms with Crippen molar-refractivity contribution in [1.29, 1.82) is 0 Å². The molecule has 204 valence electrons. The molecular formula is C34H26O7. The van der Waals surface area contributed by atoms with Crippen molar-refractivity contribution in [1.82, 2.24) is 0 Å². The first kappa shape index (κ1) is 26.0. The van der Waals surface area contributed by atoms with Gasteiger partial charge in [-0.05, 0) is 61.9 Å². The fourth-order valence-electron chi connectivity index (χ4n) is 4.93. The van der Waals surface area contributed by atoms with Crippen LogP contribution in [0.3, 0.4) is 0 Å². The minimum atomic E-state index is -0.607. The van der Waals surface area contributed by atoms with Crippen molar-refractivity contribution >= 4 is 27.9 Å². The summed E-state index contributed by atoms with van der Waals surface area (Å²) in [6.45, 7) is 4.11. The maximum atomic E-state index is 13.7.